The second-order valence-corrected chi connectivity index (χ2v) is 5.29. The van der Waals surface area contributed by atoms with Crippen molar-refractivity contribution in [1.82, 2.24) is 4.98 Å². The van der Waals surface area contributed by atoms with Gasteiger partial charge in [0.2, 0.25) is 0 Å². The van der Waals surface area contributed by atoms with E-state index in [4.69, 9.17) is 9.47 Å². The molecular formula is C16H18BrNO2. The van der Waals surface area contributed by atoms with Gasteiger partial charge >= 0.3 is 0 Å². The summed E-state index contributed by atoms with van der Waals surface area (Å²) in [5, 5.41) is 0. The van der Waals surface area contributed by atoms with E-state index in [-0.39, 0.29) is 0 Å². The Kier molecular flexibility index (Phi) is 6.54. The lowest BCUT2D eigenvalue weighted by Crippen LogP contribution is -2.07. The van der Waals surface area contributed by atoms with Gasteiger partial charge in [-0.15, -0.1) is 0 Å². The van der Waals surface area contributed by atoms with E-state index >= 15 is 0 Å². The van der Waals surface area contributed by atoms with Crippen LogP contribution in [-0.2, 0) is 11.2 Å². The molecule has 0 N–H and O–H groups in total. The molecule has 2 aromatic rings. The number of hydrogen-bond donors (Lipinski definition) is 0. The van der Waals surface area contributed by atoms with Crippen LogP contribution in [0.2, 0.25) is 0 Å². The first-order chi connectivity index (χ1) is 9.84. The summed E-state index contributed by atoms with van der Waals surface area (Å²) in [6.45, 7) is 1.95. The van der Waals surface area contributed by atoms with E-state index in [9.17, 15) is 0 Å². The fourth-order valence-corrected chi connectivity index (χ4v) is 2.04. The standard InChI is InChI=1S/C16H18BrNO2/c17-15-3-5-16(6-4-15)20-13-12-19-11-1-2-14-7-9-18-10-8-14/h3-10H,1-2,11-13H2. The second-order valence-electron chi connectivity index (χ2n) is 4.37. The summed E-state index contributed by atoms with van der Waals surface area (Å²) in [6.07, 6.45) is 5.68. The van der Waals surface area contributed by atoms with Crippen molar-refractivity contribution >= 4 is 15.9 Å². The molecule has 0 amide bonds. The molecule has 1 heterocycles. The van der Waals surface area contributed by atoms with Crippen molar-refractivity contribution in [2.45, 2.75) is 12.8 Å². The van der Waals surface area contributed by atoms with Crippen LogP contribution in [0.5, 0.6) is 5.75 Å². The molecule has 0 saturated carbocycles. The van der Waals surface area contributed by atoms with Crippen LogP contribution in [-0.4, -0.2) is 24.8 Å². The van der Waals surface area contributed by atoms with E-state index in [1.165, 1.54) is 5.56 Å². The Labute approximate surface area is 128 Å². The van der Waals surface area contributed by atoms with E-state index in [1.54, 1.807) is 0 Å². The summed E-state index contributed by atoms with van der Waals surface area (Å²) >= 11 is 3.39. The number of halogens is 1. The van der Waals surface area contributed by atoms with Gasteiger partial charge in [-0.25, -0.2) is 0 Å². The zero-order valence-corrected chi connectivity index (χ0v) is 12.9. The maximum absolute atomic E-state index is 5.57. The van der Waals surface area contributed by atoms with Crippen molar-refractivity contribution in [2.75, 3.05) is 19.8 Å². The smallest absolute Gasteiger partial charge is 0.119 e. The summed E-state index contributed by atoms with van der Waals surface area (Å²) < 4.78 is 12.2. The number of nitrogens with zero attached hydrogens (tertiary/aromatic N) is 1. The number of hydrogen-bond acceptors (Lipinski definition) is 3. The molecule has 0 aliphatic carbocycles. The molecule has 20 heavy (non-hydrogen) atoms. The molecule has 106 valence electrons. The topological polar surface area (TPSA) is 31.4 Å². The summed E-state index contributed by atoms with van der Waals surface area (Å²) in [6, 6.07) is 11.9. The van der Waals surface area contributed by atoms with E-state index < -0.39 is 0 Å². The van der Waals surface area contributed by atoms with Gasteiger partial charge in [-0.2, -0.15) is 0 Å². The third-order valence-electron chi connectivity index (χ3n) is 2.81. The predicted molar refractivity (Wildman–Crippen MR) is 83.0 cm³/mol. The van der Waals surface area contributed by atoms with Crippen molar-refractivity contribution in [1.29, 1.82) is 0 Å². The number of ether oxygens (including phenoxy) is 2. The Morgan fingerprint density at radius 1 is 0.900 bits per heavy atom. The van der Waals surface area contributed by atoms with Gasteiger partial charge in [0.05, 0.1) is 6.61 Å². The van der Waals surface area contributed by atoms with E-state index in [0.717, 1.165) is 29.7 Å². The second kappa shape index (κ2) is 8.72. The average molecular weight is 336 g/mol. The summed E-state index contributed by atoms with van der Waals surface area (Å²) in [4.78, 5) is 4.00. The molecule has 1 aromatic carbocycles. The molecule has 1 aromatic heterocycles. The average Bonchev–Trinajstić information content (AvgIpc) is 2.49. The molecule has 0 bridgehead atoms. The minimum Gasteiger partial charge on any atom is -0.491 e. The van der Waals surface area contributed by atoms with Crippen LogP contribution in [0.1, 0.15) is 12.0 Å². The Hall–Kier alpha value is -1.39. The zero-order valence-electron chi connectivity index (χ0n) is 11.3. The Morgan fingerprint density at radius 2 is 1.65 bits per heavy atom. The largest absolute Gasteiger partial charge is 0.491 e. The summed E-state index contributed by atoms with van der Waals surface area (Å²) in [7, 11) is 0. The maximum Gasteiger partial charge on any atom is 0.119 e. The zero-order chi connectivity index (χ0) is 14.0. The van der Waals surface area contributed by atoms with E-state index in [1.807, 2.05) is 48.8 Å². The van der Waals surface area contributed by atoms with Gasteiger partial charge in [-0.3, -0.25) is 4.98 Å². The van der Waals surface area contributed by atoms with Crippen LogP contribution >= 0.6 is 15.9 Å². The van der Waals surface area contributed by atoms with Crippen LogP contribution in [0.25, 0.3) is 0 Å². The molecule has 0 aliphatic rings. The number of aryl methyl sites for hydroxylation is 1. The lowest BCUT2D eigenvalue weighted by Gasteiger charge is -2.07. The van der Waals surface area contributed by atoms with Gasteiger partial charge in [-0.05, 0) is 54.8 Å². The molecule has 0 radical (unpaired) electrons. The van der Waals surface area contributed by atoms with Gasteiger partial charge in [0.1, 0.15) is 12.4 Å². The first kappa shape index (κ1) is 15.0. The molecule has 0 spiro atoms. The highest BCUT2D eigenvalue weighted by atomic mass is 79.9. The quantitative estimate of drug-likeness (QED) is 0.686. The van der Waals surface area contributed by atoms with Crippen LogP contribution in [0.15, 0.2) is 53.3 Å². The molecule has 0 saturated heterocycles. The van der Waals surface area contributed by atoms with Crippen molar-refractivity contribution in [2.24, 2.45) is 0 Å². The lowest BCUT2D eigenvalue weighted by molar-refractivity contribution is 0.0985. The van der Waals surface area contributed by atoms with Gasteiger partial charge in [0.25, 0.3) is 0 Å². The highest BCUT2D eigenvalue weighted by Gasteiger charge is 1.95. The van der Waals surface area contributed by atoms with Crippen LogP contribution in [0, 0.1) is 0 Å². The SMILES string of the molecule is Brc1ccc(OCCOCCCc2ccncc2)cc1. The highest BCUT2D eigenvalue weighted by molar-refractivity contribution is 9.10. The third-order valence-corrected chi connectivity index (χ3v) is 3.34. The summed E-state index contributed by atoms with van der Waals surface area (Å²) in [5.41, 5.74) is 1.30. The lowest BCUT2D eigenvalue weighted by atomic mass is 10.1. The van der Waals surface area contributed by atoms with Gasteiger partial charge in [0.15, 0.2) is 0 Å². The monoisotopic (exact) mass is 335 g/mol. The van der Waals surface area contributed by atoms with E-state index in [2.05, 4.69) is 20.9 Å². The fraction of sp³-hybridized carbons (Fsp3) is 0.312. The predicted octanol–water partition coefficient (Wildman–Crippen LogP) is 3.87. The minimum absolute atomic E-state index is 0.580. The normalized spacial score (nSPS) is 10.4. The van der Waals surface area contributed by atoms with E-state index in [0.29, 0.717) is 13.2 Å². The fourth-order valence-electron chi connectivity index (χ4n) is 1.78. The Morgan fingerprint density at radius 3 is 2.40 bits per heavy atom. The molecule has 0 aliphatic heterocycles. The molecular weight excluding hydrogens is 318 g/mol. The molecule has 4 heteroatoms. The minimum atomic E-state index is 0.580. The Balaban J connectivity index is 1.51. The van der Waals surface area contributed by atoms with Crippen LogP contribution in [0.4, 0.5) is 0 Å². The molecule has 0 atom stereocenters. The first-order valence-corrected chi connectivity index (χ1v) is 7.49. The molecule has 2 rings (SSSR count). The van der Waals surface area contributed by atoms with Crippen molar-refractivity contribution in [3.63, 3.8) is 0 Å². The van der Waals surface area contributed by atoms with Crippen molar-refractivity contribution in [3.05, 3.63) is 58.8 Å². The number of benzene rings is 1. The van der Waals surface area contributed by atoms with Crippen LogP contribution in [0.3, 0.4) is 0 Å². The van der Waals surface area contributed by atoms with Gasteiger partial charge in [-0.1, -0.05) is 15.9 Å². The van der Waals surface area contributed by atoms with Crippen molar-refractivity contribution in [3.8, 4) is 5.75 Å². The summed E-state index contributed by atoms with van der Waals surface area (Å²) in [5.74, 6) is 0.869. The van der Waals surface area contributed by atoms with Crippen LogP contribution < -0.4 is 4.74 Å². The third kappa shape index (κ3) is 5.72. The molecule has 0 fully saturated rings. The number of rotatable bonds is 8. The van der Waals surface area contributed by atoms with Gasteiger partial charge < -0.3 is 9.47 Å². The molecule has 0 unspecified atom stereocenters. The maximum atomic E-state index is 5.57. The van der Waals surface area contributed by atoms with Crippen molar-refractivity contribution < 1.29 is 9.47 Å². The van der Waals surface area contributed by atoms with Gasteiger partial charge in [0, 0.05) is 23.5 Å². The first-order valence-electron chi connectivity index (χ1n) is 6.69. The number of aromatic nitrogens is 1. The number of pyridine rings is 1. The Bertz CT molecular complexity index is 488. The highest BCUT2D eigenvalue weighted by Crippen LogP contribution is 2.15. The molecule has 3 nitrogen and oxygen atoms in total.